The summed E-state index contributed by atoms with van der Waals surface area (Å²) >= 11 is 0. The first-order chi connectivity index (χ1) is 16.5. The van der Waals surface area contributed by atoms with Gasteiger partial charge in [0.2, 0.25) is 5.88 Å². The average molecular weight is 486 g/mol. The zero-order valence-corrected chi connectivity index (χ0v) is 19.1. The van der Waals surface area contributed by atoms with Crippen LogP contribution in [0.3, 0.4) is 0 Å². The lowest BCUT2D eigenvalue weighted by atomic mass is 10.2. The number of hydrogen-bond donors (Lipinski definition) is 2. The highest BCUT2D eigenvalue weighted by molar-refractivity contribution is 7.92. The summed E-state index contributed by atoms with van der Waals surface area (Å²) in [6.07, 6.45) is 1.56. The highest BCUT2D eigenvalue weighted by atomic mass is 32.2. The van der Waals surface area contributed by atoms with Gasteiger partial charge in [0.15, 0.2) is 11.5 Å². The van der Waals surface area contributed by atoms with E-state index in [0.717, 1.165) is 0 Å². The normalized spacial score (nSPS) is 12.6. The predicted octanol–water partition coefficient (Wildman–Crippen LogP) is 2.93. The second-order valence-electron chi connectivity index (χ2n) is 7.14. The van der Waals surface area contributed by atoms with Gasteiger partial charge in [-0.2, -0.15) is 0 Å². The Kier molecular flexibility index (Phi) is 7.14. The molecule has 2 aromatic carbocycles. The summed E-state index contributed by atoms with van der Waals surface area (Å²) in [4.78, 5) is 16.8. The van der Waals surface area contributed by atoms with Crippen LogP contribution >= 0.6 is 0 Å². The Balaban J connectivity index is 1.43. The van der Waals surface area contributed by atoms with Crippen LogP contribution in [0, 0.1) is 0 Å². The first-order valence-electron chi connectivity index (χ1n) is 10.4. The maximum atomic E-state index is 12.8. The number of rotatable bonds is 9. The van der Waals surface area contributed by atoms with Gasteiger partial charge in [-0.25, -0.2) is 13.4 Å². The van der Waals surface area contributed by atoms with Crippen molar-refractivity contribution in [3.05, 3.63) is 66.4 Å². The van der Waals surface area contributed by atoms with Crippen LogP contribution in [0.1, 0.15) is 10.4 Å². The van der Waals surface area contributed by atoms with Gasteiger partial charge in [0.05, 0.1) is 11.5 Å². The summed E-state index contributed by atoms with van der Waals surface area (Å²) in [7, 11) is -2.31. The molecular weight excluding hydrogens is 462 g/mol. The number of methoxy groups -OCH3 is 1. The molecule has 178 valence electrons. The minimum absolute atomic E-state index is 0.0381. The van der Waals surface area contributed by atoms with Gasteiger partial charge >= 0.3 is 0 Å². The van der Waals surface area contributed by atoms with Gasteiger partial charge in [-0.15, -0.1) is 0 Å². The van der Waals surface area contributed by atoms with Crippen molar-refractivity contribution in [2.45, 2.75) is 4.90 Å². The number of sulfonamides is 1. The number of pyridine rings is 1. The molecule has 0 aliphatic carbocycles. The lowest BCUT2D eigenvalue weighted by Crippen LogP contribution is -2.17. The maximum Gasteiger partial charge on any atom is 0.262 e. The first-order valence-corrected chi connectivity index (χ1v) is 11.9. The van der Waals surface area contributed by atoms with Crippen LogP contribution in [0.4, 0.5) is 11.4 Å². The predicted molar refractivity (Wildman–Crippen MR) is 124 cm³/mol. The van der Waals surface area contributed by atoms with Crippen molar-refractivity contribution >= 4 is 27.3 Å². The molecule has 0 fully saturated rings. The number of hydrogen-bond acceptors (Lipinski definition) is 8. The van der Waals surface area contributed by atoms with E-state index in [1.54, 1.807) is 31.5 Å². The molecule has 1 amide bonds. The lowest BCUT2D eigenvalue weighted by molar-refractivity contribution is 0.102. The van der Waals surface area contributed by atoms with E-state index in [1.165, 1.54) is 36.4 Å². The van der Waals surface area contributed by atoms with Crippen LogP contribution in [0.25, 0.3) is 0 Å². The summed E-state index contributed by atoms with van der Waals surface area (Å²) in [5.41, 5.74) is 1.04. The van der Waals surface area contributed by atoms with Gasteiger partial charge in [0.1, 0.15) is 25.5 Å². The molecule has 0 spiro atoms. The SMILES string of the molecule is COCCOc1ncccc1NC(=O)c1ccc(NS(=O)(=O)c2ccc3c(c2)OCCO3)cc1. The second kappa shape index (κ2) is 10.4. The molecular formula is C23H23N3O7S. The van der Waals surface area contributed by atoms with Crippen molar-refractivity contribution in [3.63, 3.8) is 0 Å². The number of ether oxygens (including phenoxy) is 4. The fraction of sp³-hybridized carbons (Fsp3) is 0.217. The van der Waals surface area contributed by atoms with E-state index in [0.29, 0.717) is 48.3 Å². The smallest absolute Gasteiger partial charge is 0.262 e. The van der Waals surface area contributed by atoms with Gasteiger partial charge < -0.3 is 24.3 Å². The number of carbonyl (C=O) groups is 1. The third-order valence-corrected chi connectivity index (χ3v) is 6.15. The molecule has 10 nitrogen and oxygen atoms in total. The first kappa shape index (κ1) is 23.3. The van der Waals surface area contributed by atoms with E-state index in [9.17, 15) is 13.2 Å². The molecule has 34 heavy (non-hydrogen) atoms. The number of aromatic nitrogens is 1. The molecule has 0 bridgehead atoms. The van der Waals surface area contributed by atoms with Crippen molar-refractivity contribution in [2.24, 2.45) is 0 Å². The fourth-order valence-corrected chi connectivity index (χ4v) is 4.19. The summed E-state index contributed by atoms with van der Waals surface area (Å²) < 4.78 is 49.4. The largest absolute Gasteiger partial charge is 0.486 e. The third-order valence-electron chi connectivity index (χ3n) is 4.77. The Morgan fingerprint density at radius 2 is 1.79 bits per heavy atom. The van der Waals surface area contributed by atoms with Crippen LogP contribution in [0.2, 0.25) is 0 Å². The van der Waals surface area contributed by atoms with Crippen LogP contribution in [-0.4, -0.2) is 52.8 Å². The van der Waals surface area contributed by atoms with Crippen molar-refractivity contribution in [1.29, 1.82) is 0 Å². The van der Waals surface area contributed by atoms with E-state index in [1.807, 2.05) is 0 Å². The highest BCUT2D eigenvalue weighted by Gasteiger charge is 2.20. The van der Waals surface area contributed by atoms with E-state index in [4.69, 9.17) is 18.9 Å². The molecule has 1 aliphatic rings. The molecule has 11 heteroatoms. The maximum absolute atomic E-state index is 12.8. The monoisotopic (exact) mass is 485 g/mol. The Morgan fingerprint density at radius 1 is 1.03 bits per heavy atom. The zero-order valence-electron chi connectivity index (χ0n) is 18.3. The molecule has 1 aliphatic heterocycles. The Morgan fingerprint density at radius 3 is 2.56 bits per heavy atom. The second-order valence-corrected chi connectivity index (χ2v) is 8.82. The summed E-state index contributed by atoms with van der Waals surface area (Å²) in [5.74, 6) is 0.756. The number of amides is 1. The van der Waals surface area contributed by atoms with Gasteiger partial charge in [0.25, 0.3) is 15.9 Å². The molecule has 0 saturated heterocycles. The standard InChI is InChI=1S/C23H23N3O7S/c1-30-11-12-33-23-19(3-2-10-24-23)25-22(27)16-4-6-17(7-5-16)26-34(28,29)18-8-9-20-21(15-18)32-14-13-31-20/h2-10,15,26H,11-14H2,1H3,(H,25,27). The van der Waals surface area contributed by atoms with Gasteiger partial charge in [-0.05, 0) is 48.5 Å². The number of nitrogens with one attached hydrogen (secondary N) is 2. The molecule has 1 aromatic heterocycles. The Hall–Kier alpha value is -3.83. The topological polar surface area (TPSA) is 125 Å². The van der Waals surface area contributed by atoms with E-state index in [-0.39, 0.29) is 17.4 Å². The summed E-state index contributed by atoms with van der Waals surface area (Å²) in [6.45, 7) is 1.44. The summed E-state index contributed by atoms with van der Waals surface area (Å²) in [6, 6.07) is 13.8. The fourth-order valence-electron chi connectivity index (χ4n) is 3.11. The molecule has 0 atom stereocenters. The van der Waals surface area contributed by atoms with E-state index >= 15 is 0 Å². The number of anilines is 2. The molecule has 4 rings (SSSR count). The molecule has 0 unspecified atom stereocenters. The van der Waals surface area contributed by atoms with Crippen LogP contribution in [-0.2, 0) is 14.8 Å². The lowest BCUT2D eigenvalue weighted by Gasteiger charge is -2.19. The zero-order chi connectivity index (χ0) is 24.0. The van der Waals surface area contributed by atoms with Gasteiger partial charge in [0, 0.05) is 30.6 Å². The summed E-state index contributed by atoms with van der Waals surface area (Å²) in [5, 5.41) is 2.74. The third kappa shape index (κ3) is 5.56. The highest BCUT2D eigenvalue weighted by Crippen LogP contribution is 2.32. The Bertz CT molecular complexity index is 1260. The molecule has 0 saturated carbocycles. The molecule has 2 heterocycles. The van der Waals surface area contributed by atoms with Gasteiger partial charge in [-0.3, -0.25) is 9.52 Å². The number of fused-ring (bicyclic) bond motifs is 1. The van der Waals surface area contributed by atoms with Crippen molar-refractivity contribution in [1.82, 2.24) is 4.98 Å². The van der Waals surface area contributed by atoms with Crippen molar-refractivity contribution in [3.8, 4) is 17.4 Å². The average Bonchev–Trinajstić information content (AvgIpc) is 2.85. The van der Waals surface area contributed by atoms with Crippen LogP contribution < -0.4 is 24.2 Å². The van der Waals surface area contributed by atoms with Crippen molar-refractivity contribution in [2.75, 3.05) is 43.6 Å². The van der Waals surface area contributed by atoms with E-state index < -0.39 is 15.9 Å². The number of nitrogens with zero attached hydrogens (tertiary/aromatic N) is 1. The molecule has 2 N–H and O–H groups in total. The minimum atomic E-state index is -3.87. The van der Waals surface area contributed by atoms with E-state index in [2.05, 4.69) is 15.0 Å². The minimum Gasteiger partial charge on any atom is -0.486 e. The molecule has 0 radical (unpaired) electrons. The van der Waals surface area contributed by atoms with Gasteiger partial charge in [-0.1, -0.05) is 0 Å². The quantitative estimate of drug-likeness (QED) is 0.443. The molecule has 3 aromatic rings. The van der Waals surface area contributed by atoms with Crippen molar-refractivity contribution < 1.29 is 32.2 Å². The number of benzene rings is 2. The van der Waals surface area contributed by atoms with Crippen LogP contribution in [0.15, 0.2) is 65.7 Å². The Labute approximate surface area is 196 Å². The van der Waals surface area contributed by atoms with Crippen LogP contribution in [0.5, 0.6) is 17.4 Å². The number of carbonyl (C=O) groups excluding carboxylic acids is 1.